The predicted octanol–water partition coefficient (Wildman–Crippen LogP) is 3.01. The highest BCUT2D eigenvalue weighted by Gasteiger charge is 2.24. The molecule has 1 aliphatic heterocycles. The van der Waals surface area contributed by atoms with Crippen LogP contribution < -0.4 is 10.1 Å². The Kier molecular flexibility index (Phi) is 3.16. The lowest BCUT2D eigenvalue weighted by Crippen LogP contribution is -2.12. The van der Waals surface area contributed by atoms with Gasteiger partial charge >= 0.3 is 0 Å². The van der Waals surface area contributed by atoms with E-state index in [1.165, 1.54) is 12.1 Å². The lowest BCUT2D eigenvalue weighted by atomic mass is 10.1. The average Bonchev–Trinajstić information content (AvgIpc) is 2.90. The van der Waals surface area contributed by atoms with Gasteiger partial charge in [-0.15, -0.1) is 0 Å². The fourth-order valence-electron chi connectivity index (χ4n) is 2.35. The summed E-state index contributed by atoms with van der Waals surface area (Å²) in [6.07, 6.45) is 0. The summed E-state index contributed by atoms with van der Waals surface area (Å²) in [6, 6.07) is 13.9. The number of hydrogen-bond donors (Lipinski definition) is 1. The van der Waals surface area contributed by atoms with Gasteiger partial charge in [0, 0.05) is 17.3 Å². The minimum absolute atomic E-state index is 0.0497. The Morgan fingerprint density at radius 2 is 2.14 bits per heavy atom. The smallest absolute Gasteiger partial charge is 0.289 e. The zero-order valence-corrected chi connectivity index (χ0v) is 10.9. The van der Waals surface area contributed by atoms with Gasteiger partial charge in [-0.1, -0.05) is 18.2 Å². The summed E-state index contributed by atoms with van der Waals surface area (Å²) >= 11 is 0. The molecule has 104 valence electrons. The topological polar surface area (TPSA) is 88.2 Å². The molecular formula is C15H11N3O3. The monoisotopic (exact) mass is 281 g/mol. The van der Waals surface area contributed by atoms with Gasteiger partial charge in [0.2, 0.25) is 0 Å². The first kappa shape index (κ1) is 12.9. The fourth-order valence-corrected chi connectivity index (χ4v) is 2.35. The van der Waals surface area contributed by atoms with Gasteiger partial charge in [0.15, 0.2) is 0 Å². The Balaban J connectivity index is 1.89. The minimum Gasteiger partial charge on any atom is -0.491 e. The van der Waals surface area contributed by atoms with Crippen LogP contribution in [-0.4, -0.2) is 11.5 Å². The molecule has 3 rings (SSSR count). The van der Waals surface area contributed by atoms with Gasteiger partial charge in [-0.05, 0) is 18.2 Å². The van der Waals surface area contributed by atoms with Crippen LogP contribution in [0.15, 0.2) is 42.5 Å². The van der Waals surface area contributed by atoms with E-state index < -0.39 is 4.92 Å². The Labute approximate surface area is 120 Å². The van der Waals surface area contributed by atoms with Crippen LogP contribution >= 0.6 is 0 Å². The van der Waals surface area contributed by atoms with Gasteiger partial charge in [-0.2, -0.15) is 5.26 Å². The van der Waals surface area contributed by atoms with Crippen LogP contribution in [0.5, 0.6) is 5.75 Å². The van der Waals surface area contributed by atoms with Crippen molar-refractivity contribution < 1.29 is 9.66 Å². The van der Waals surface area contributed by atoms with E-state index in [1.807, 2.05) is 30.3 Å². The van der Waals surface area contributed by atoms with Crippen molar-refractivity contribution in [2.24, 2.45) is 0 Å². The molecule has 0 aromatic heterocycles. The molecule has 1 aliphatic rings. The highest BCUT2D eigenvalue weighted by atomic mass is 16.6. The van der Waals surface area contributed by atoms with E-state index in [0.717, 1.165) is 11.3 Å². The van der Waals surface area contributed by atoms with Crippen LogP contribution in [0.2, 0.25) is 0 Å². The summed E-state index contributed by atoms with van der Waals surface area (Å²) in [5, 5.41) is 23.1. The summed E-state index contributed by atoms with van der Waals surface area (Å²) in [4.78, 5) is 10.4. The van der Waals surface area contributed by atoms with Crippen LogP contribution in [0.3, 0.4) is 0 Å². The molecule has 1 unspecified atom stereocenters. The normalized spacial score (nSPS) is 15.7. The molecule has 2 aromatic carbocycles. The third-order valence-electron chi connectivity index (χ3n) is 3.36. The van der Waals surface area contributed by atoms with Crippen molar-refractivity contribution in [3.8, 4) is 11.8 Å². The van der Waals surface area contributed by atoms with Gasteiger partial charge in [-0.25, -0.2) is 0 Å². The first-order valence-electron chi connectivity index (χ1n) is 6.36. The number of rotatable bonds is 3. The predicted molar refractivity (Wildman–Crippen MR) is 76.1 cm³/mol. The molecule has 0 amide bonds. The number of nitrogens with zero attached hydrogens (tertiary/aromatic N) is 2. The molecule has 1 N–H and O–H groups in total. The maximum absolute atomic E-state index is 11.0. The molecule has 1 heterocycles. The molecule has 0 radical (unpaired) electrons. The highest BCUT2D eigenvalue weighted by molar-refractivity contribution is 5.60. The third-order valence-corrected chi connectivity index (χ3v) is 3.36. The number of ether oxygens (including phenoxy) is 1. The second-order valence-electron chi connectivity index (χ2n) is 4.65. The van der Waals surface area contributed by atoms with Crippen molar-refractivity contribution in [1.29, 1.82) is 5.26 Å². The summed E-state index contributed by atoms with van der Waals surface area (Å²) in [5.74, 6) is 0.818. The molecule has 2 aromatic rings. The number of para-hydroxylation sites is 1. The SMILES string of the molecule is N#Cc1ccc(NC2COc3ccccc32)cc1[N+](=O)[O-]. The van der Waals surface area contributed by atoms with E-state index in [9.17, 15) is 10.1 Å². The number of nitro benzene ring substituents is 1. The van der Waals surface area contributed by atoms with Crippen molar-refractivity contribution in [1.82, 2.24) is 0 Å². The first-order chi connectivity index (χ1) is 10.2. The summed E-state index contributed by atoms with van der Waals surface area (Å²) < 4.78 is 5.56. The standard InChI is InChI=1S/C15H11N3O3/c16-8-10-5-6-11(7-14(10)18(19)20)17-13-9-21-15-4-2-1-3-12(13)15/h1-7,13,17H,9H2. The summed E-state index contributed by atoms with van der Waals surface area (Å²) in [6.45, 7) is 0.465. The number of benzene rings is 2. The molecule has 21 heavy (non-hydrogen) atoms. The lowest BCUT2D eigenvalue weighted by Gasteiger charge is -2.13. The molecule has 0 saturated heterocycles. The molecule has 0 bridgehead atoms. The molecule has 0 saturated carbocycles. The zero-order chi connectivity index (χ0) is 14.8. The number of nitro groups is 1. The second kappa shape index (κ2) is 5.13. The van der Waals surface area contributed by atoms with Crippen LogP contribution in [0, 0.1) is 21.4 Å². The molecular weight excluding hydrogens is 270 g/mol. The Morgan fingerprint density at radius 3 is 2.90 bits per heavy atom. The summed E-state index contributed by atoms with van der Waals surface area (Å²) in [5.41, 5.74) is 1.46. The Bertz CT molecular complexity index is 752. The van der Waals surface area contributed by atoms with E-state index >= 15 is 0 Å². The van der Waals surface area contributed by atoms with Crippen LogP contribution in [-0.2, 0) is 0 Å². The zero-order valence-electron chi connectivity index (χ0n) is 10.9. The Morgan fingerprint density at radius 1 is 1.33 bits per heavy atom. The van der Waals surface area contributed by atoms with E-state index in [0.29, 0.717) is 12.3 Å². The largest absolute Gasteiger partial charge is 0.491 e. The third kappa shape index (κ3) is 2.37. The Hall–Kier alpha value is -3.07. The average molecular weight is 281 g/mol. The van der Waals surface area contributed by atoms with Crippen molar-refractivity contribution in [3.63, 3.8) is 0 Å². The first-order valence-corrected chi connectivity index (χ1v) is 6.36. The number of nitriles is 1. The molecule has 6 heteroatoms. The van der Waals surface area contributed by atoms with Gasteiger partial charge in [0.25, 0.3) is 5.69 Å². The van der Waals surface area contributed by atoms with Crippen molar-refractivity contribution in [2.75, 3.05) is 11.9 Å². The molecule has 0 fully saturated rings. The van der Waals surface area contributed by atoms with E-state index in [2.05, 4.69) is 5.32 Å². The minimum atomic E-state index is -0.553. The number of fused-ring (bicyclic) bond motifs is 1. The molecule has 0 spiro atoms. The number of hydrogen-bond acceptors (Lipinski definition) is 5. The van der Waals surface area contributed by atoms with Gasteiger partial charge in [0.05, 0.1) is 11.0 Å². The van der Waals surface area contributed by atoms with Crippen molar-refractivity contribution in [3.05, 3.63) is 63.7 Å². The van der Waals surface area contributed by atoms with Crippen LogP contribution in [0.4, 0.5) is 11.4 Å². The molecule has 1 atom stereocenters. The highest BCUT2D eigenvalue weighted by Crippen LogP contribution is 2.34. The van der Waals surface area contributed by atoms with E-state index in [4.69, 9.17) is 10.00 Å². The maximum Gasteiger partial charge on any atom is 0.289 e. The van der Waals surface area contributed by atoms with E-state index in [1.54, 1.807) is 6.07 Å². The maximum atomic E-state index is 11.0. The summed E-state index contributed by atoms with van der Waals surface area (Å²) in [7, 11) is 0. The van der Waals surface area contributed by atoms with E-state index in [-0.39, 0.29) is 17.3 Å². The fraction of sp³-hybridized carbons (Fsp3) is 0.133. The van der Waals surface area contributed by atoms with Gasteiger partial charge in [0.1, 0.15) is 24.0 Å². The lowest BCUT2D eigenvalue weighted by molar-refractivity contribution is -0.385. The van der Waals surface area contributed by atoms with Crippen LogP contribution in [0.1, 0.15) is 17.2 Å². The number of anilines is 1. The number of nitrogens with one attached hydrogen (secondary N) is 1. The van der Waals surface area contributed by atoms with Crippen LogP contribution in [0.25, 0.3) is 0 Å². The second-order valence-corrected chi connectivity index (χ2v) is 4.65. The van der Waals surface area contributed by atoms with Gasteiger partial charge in [-0.3, -0.25) is 10.1 Å². The molecule has 0 aliphatic carbocycles. The molecule has 6 nitrogen and oxygen atoms in total. The van der Waals surface area contributed by atoms with Gasteiger partial charge < -0.3 is 10.1 Å². The van der Waals surface area contributed by atoms with Crippen molar-refractivity contribution in [2.45, 2.75) is 6.04 Å². The van der Waals surface area contributed by atoms with Crippen molar-refractivity contribution >= 4 is 11.4 Å². The quantitative estimate of drug-likeness (QED) is 0.690.